The maximum atomic E-state index is 11.8. The number of anilines is 1. The summed E-state index contributed by atoms with van der Waals surface area (Å²) in [6.07, 6.45) is 0. The number of nitrogens with one attached hydrogen (secondary N) is 2. The van der Waals surface area contributed by atoms with Crippen molar-refractivity contribution in [3.63, 3.8) is 0 Å². The van der Waals surface area contributed by atoms with Crippen LogP contribution >= 0.6 is 15.9 Å². The van der Waals surface area contributed by atoms with Gasteiger partial charge in [0.25, 0.3) is 0 Å². The minimum Gasteiger partial charge on any atom is -0.325 e. The van der Waals surface area contributed by atoms with E-state index in [1.165, 1.54) is 0 Å². The fourth-order valence-corrected chi connectivity index (χ4v) is 2.07. The van der Waals surface area contributed by atoms with Crippen LogP contribution < -0.4 is 10.6 Å². The van der Waals surface area contributed by atoms with E-state index >= 15 is 0 Å². The number of rotatable bonds is 3. The van der Waals surface area contributed by atoms with Crippen molar-refractivity contribution >= 4 is 27.5 Å². The van der Waals surface area contributed by atoms with E-state index < -0.39 is 0 Å². The fourth-order valence-electron chi connectivity index (χ4n) is 1.81. The van der Waals surface area contributed by atoms with Crippen LogP contribution in [0.1, 0.15) is 0 Å². The molecule has 0 bridgehead atoms. The molecule has 0 radical (unpaired) electrons. The van der Waals surface area contributed by atoms with Gasteiger partial charge in [0.2, 0.25) is 5.91 Å². The molecular formula is C12H16BrN3O. The lowest BCUT2D eigenvalue weighted by molar-refractivity contribution is -0.117. The second-order valence-electron chi connectivity index (χ2n) is 4.08. The molecule has 1 saturated heterocycles. The molecule has 92 valence electrons. The van der Waals surface area contributed by atoms with Crippen molar-refractivity contribution in [2.24, 2.45) is 0 Å². The Bertz CT molecular complexity index is 374. The zero-order valence-corrected chi connectivity index (χ0v) is 11.2. The smallest absolute Gasteiger partial charge is 0.238 e. The Hall–Kier alpha value is -0.910. The van der Waals surface area contributed by atoms with Crippen LogP contribution in [0.15, 0.2) is 28.7 Å². The highest BCUT2D eigenvalue weighted by atomic mass is 79.9. The van der Waals surface area contributed by atoms with Crippen molar-refractivity contribution in [2.45, 2.75) is 0 Å². The first-order chi connectivity index (χ1) is 8.24. The summed E-state index contributed by atoms with van der Waals surface area (Å²) in [5.41, 5.74) is 0.841. The van der Waals surface area contributed by atoms with Crippen LogP contribution in [0.3, 0.4) is 0 Å². The van der Waals surface area contributed by atoms with Gasteiger partial charge < -0.3 is 10.6 Å². The highest BCUT2D eigenvalue weighted by molar-refractivity contribution is 9.10. The first-order valence-electron chi connectivity index (χ1n) is 5.72. The van der Waals surface area contributed by atoms with Gasteiger partial charge in [-0.15, -0.1) is 0 Å². The van der Waals surface area contributed by atoms with E-state index in [0.717, 1.165) is 36.3 Å². The Morgan fingerprint density at radius 2 is 1.94 bits per heavy atom. The first-order valence-corrected chi connectivity index (χ1v) is 6.52. The van der Waals surface area contributed by atoms with Crippen molar-refractivity contribution in [2.75, 3.05) is 38.0 Å². The third-order valence-electron chi connectivity index (χ3n) is 2.70. The highest BCUT2D eigenvalue weighted by Gasteiger charge is 2.13. The molecule has 1 fully saturated rings. The van der Waals surface area contributed by atoms with Gasteiger partial charge in [0, 0.05) is 36.3 Å². The van der Waals surface area contributed by atoms with Gasteiger partial charge in [-0.1, -0.05) is 15.9 Å². The minimum atomic E-state index is 0.0502. The van der Waals surface area contributed by atoms with Crippen molar-refractivity contribution in [3.8, 4) is 0 Å². The molecule has 1 heterocycles. The van der Waals surface area contributed by atoms with Gasteiger partial charge in [-0.2, -0.15) is 0 Å². The van der Waals surface area contributed by atoms with Crippen LogP contribution in [0.5, 0.6) is 0 Å². The average molecular weight is 298 g/mol. The largest absolute Gasteiger partial charge is 0.325 e. The Balaban J connectivity index is 1.82. The zero-order chi connectivity index (χ0) is 12.1. The Morgan fingerprint density at radius 3 is 2.59 bits per heavy atom. The van der Waals surface area contributed by atoms with Crippen LogP contribution in [0, 0.1) is 0 Å². The quantitative estimate of drug-likeness (QED) is 0.884. The van der Waals surface area contributed by atoms with E-state index in [2.05, 4.69) is 31.5 Å². The summed E-state index contributed by atoms with van der Waals surface area (Å²) in [7, 11) is 0. The summed E-state index contributed by atoms with van der Waals surface area (Å²) in [4.78, 5) is 13.9. The third kappa shape index (κ3) is 4.11. The van der Waals surface area contributed by atoms with Gasteiger partial charge in [-0.3, -0.25) is 9.69 Å². The maximum absolute atomic E-state index is 11.8. The van der Waals surface area contributed by atoms with Gasteiger partial charge in [-0.25, -0.2) is 0 Å². The van der Waals surface area contributed by atoms with E-state index in [4.69, 9.17) is 0 Å². The Kier molecular flexibility index (Phi) is 4.53. The van der Waals surface area contributed by atoms with Gasteiger partial charge in [0.15, 0.2) is 0 Å². The number of hydrogen-bond donors (Lipinski definition) is 2. The number of piperazine rings is 1. The van der Waals surface area contributed by atoms with Crippen LogP contribution in [0.2, 0.25) is 0 Å². The Morgan fingerprint density at radius 1 is 1.29 bits per heavy atom. The minimum absolute atomic E-state index is 0.0502. The average Bonchev–Trinajstić information content (AvgIpc) is 2.33. The summed E-state index contributed by atoms with van der Waals surface area (Å²) >= 11 is 3.36. The van der Waals surface area contributed by atoms with Gasteiger partial charge in [0.05, 0.1) is 6.54 Å². The zero-order valence-electron chi connectivity index (χ0n) is 9.58. The fraction of sp³-hybridized carbons (Fsp3) is 0.417. The van der Waals surface area contributed by atoms with Gasteiger partial charge in [0.1, 0.15) is 0 Å². The van der Waals surface area contributed by atoms with Crippen LogP contribution in [-0.4, -0.2) is 43.5 Å². The predicted octanol–water partition coefficient (Wildman–Crippen LogP) is 1.29. The lowest BCUT2D eigenvalue weighted by Crippen LogP contribution is -2.46. The van der Waals surface area contributed by atoms with E-state index in [0.29, 0.717) is 6.54 Å². The molecule has 1 aliphatic rings. The topological polar surface area (TPSA) is 44.4 Å². The number of carbonyl (C=O) groups is 1. The number of nitrogens with zero attached hydrogens (tertiary/aromatic N) is 1. The molecule has 0 spiro atoms. The van der Waals surface area contributed by atoms with Gasteiger partial charge >= 0.3 is 0 Å². The molecule has 0 unspecified atom stereocenters. The monoisotopic (exact) mass is 297 g/mol. The highest BCUT2D eigenvalue weighted by Crippen LogP contribution is 2.13. The van der Waals surface area contributed by atoms with E-state index in [1.807, 2.05) is 24.3 Å². The number of halogens is 1. The Labute approximate surface area is 110 Å². The normalized spacial score (nSPS) is 16.8. The molecule has 2 N–H and O–H groups in total. The number of amides is 1. The van der Waals surface area contributed by atoms with Crippen LogP contribution in [-0.2, 0) is 4.79 Å². The molecule has 4 nitrogen and oxygen atoms in total. The molecule has 1 aromatic rings. The summed E-state index contributed by atoms with van der Waals surface area (Å²) in [5.74, 6) is 0.0502. The number of carbonyl (C=O) groups excluding carboxylic acids is 1. The van der Waals surface area contributed by atoms with E-state index in [-0.39, 0.29) is 5.91 Å². The van der Waals surface area contributed by atoms with Crippen molar-refractivity contribution in [1.82, 2.24) is 10.2 Å². The molecule has 17 heavy (non-hydrogen) atoms. The summed E-state index contributed by atoms with van der Waals surface area (Å²) in [5, 5.41) is 6.16. The third-order valence-corrected chi connectivity index (χ3v) is 3.23. The molecule has 1 aromatic carbocycles. The number of hydrogen-bond acceptors (Lipinski definition) is 3. The van der Waals surface area contributed by atoms with Crippen LogP contribution in [0.25, 0.3) is 0 Å². The molecule has 1 aliphatic heterocycles. The van der Waals surface area contributed by atoms with Crippen molar-refractivity contribution < 1.29 is 4.79 Å². The molecule has 0 aromatic heterocycles. The second kappa shape index (κ2) is 6.14. The molecule has 5 heteroatoms. The van der Waals surface area contributed by atoms with Crippen molar-refractivity contribution in [3.05, 3.63) is 28.7 Å². The predicted molar refractivity (Wildman–Crippen MR) is 72.1 cm³/mol. The molecular weight excluding hydrogens is 282 g/mol. The summed E-state index contributed by atoms with van der Waals surface area (Å²) in [6, 6.07) is 7.61. The molecule has 2 rings (SSSR count). The van der Waals surface area contributed by atoms with E-state index in [9.17, 15) is 4.79 Å². The SMILES string of the molecule is O=C(CN1CCNCC1)Nc1ccc(Br)cc1. The first kappa shape index (κ1) is 12.5. The molecule has 0 aliphatic carbocycles. The molecule has 1 amide bonds. The van der Waals surface area contributed by atoms with E-state index in [1.54, 1.807) is 0 Å². The summed E-state index contributed by atoms with van der Waals surface area (Å²) in [6.45, 7) is 4.27. The maximum Gasteiger partial charge on any atom is 0.238 e. The molecule has 0 atom stereocenters. The molecule has 0 saturated carbocycles. The lowest BCUT2D eigenvalue weighted by Gasteiger charge is -2.26. The van der Waals surface area contributed by atoms with Crippen molar-refractivity contribution in [1.29, 1.82) is 0 Å². The lowest BCUT2D eigenvalue weighted by atomic mass is 10.3. The van der Waals surface area contributed by atoms with Crippen LogP contribution in [0.4, 0.5) is 5.69 Å². The summed E-state index contributed by atoms with van der Waals surface area (Å²) < 4.78 is 1.01. The standard InChI is InChI=1S/C12H16BrN3O/c13-10-1-3-11(4-2-10)15-12(17)9-16-7-5-14-6-8-16/h1-4,14H,5-9H2,(H,15,17). The second-order valence-corrected chi connectivity index (χ2v) is 5.00. The van der Waals surface area contributed by atoms with Gasteiger partial charge in [-0.05, 0) is 24.3 Å². The number of benzene rings is 1.